The lowest BCUT2D eigenvalue weighted by atomic mass is 10.1. The third-order valence-corrected chi connectivity index (χ3v) is 7.04. The Kier molecular flexibility index (Phi) is 4.84. The van der Waals surface area contributed by atoms with E-state index in [9.17, 15) is 13.2 Å². The molecule has 8 heteroatoms. The Morgan fingerprint density at radius 2 is 1.78 bits per heavy atom. The number of halogens is 1. The van der Waals surface area contributed by atoms with E-state index in [2.05, 4.69) is 0 Å². The van der Waals surface area contributed by atoms with E-state index in [0.717, 1.165) is 11.3 Å². The molecule has 2 aliphatic rings. The molecule has 1 fully saturated rings. The quantitative estimate of drug-likeness (QED) is 0.783. The van der Waals surface area contributed by atoms with Gasteiger partial charge in [-0.2, -0.15) is 4.31 Å². The fourth-order valence-corrected chi connectivity index (χ4v) is 5.17. The SMILES string of the molecule is O=C([C@@H]1Cc2ccccc2O1)N1CCN(S(=O)(=O)c2cccc(Cl)c2)CC1. The summed E-state index contributed by atoms with van der Waals surface area (Å²) in [6.07, 6.45) is 0.0224. The Bertz CT molecular complexity index is 946. The molecular formula is C19H19ClN2O4S. The first-order valence-corrected chi connectivity index (χ1v) is 10.6. The summed E-state index contributed by atoms with van der Waals surface area (Å²) in [6, 6.07) is 13.8. The lowest BCUT2D eigenvalue weighted by Crippen LogP contribution is -2.53. The molecule has 2 heterocycles. The summed E-state index contributed by atoms with van der Waals surface area (Å²) >= 11 is 5.92. The van der Waals surface area contributed by atoms with E-state index in [1.165, 1.54) is 16.4 Å². The van der Waals surface area contributed by atoms with Crippen molar-refractivity contribution in [2.75, 3.05) is 26.2 Å². The van der Waals surface area contributed by atoms with Crippen molar-refractivity contribution in [1.29, 1.82) is 0 Å². The minimum absolute atomic E-state index is 0.0917. The van der Waals surface area contributed by atoms with Crippen molar-refractivity contribution in [3.63, 3.8) is 0 Å². The molecule has 4 rings (SSSR count). The van der Waals surface area contributed by atoms with Gasteiger partial charge in [-0.15, -0.1) is 0 Å². The maximum Gasteiger partial charge on any atom is 0.264 e. The molecule has 0 aromatic heterocycles. The molecule has 142 valence electrons. The van der Waals surface area contributed by atoms with Crippen LogP contribution in [-0.2, 0) is 21.2 Å². The van der Waals surface area contributed by atoms with Crippen molar-refractivity contribution in [3.8, 4) is 5.75 Å². The van der Waals surface area contributed by atoms with Gasteiger partial charge < -0.3 is 9.64 Å². The lowest BCUT2D eigenvalue weighted by molar-refractivity contribution is -0.139. The van der Waals surface area contributed by atoms with Gasteiger partial charge in [0.05, 0.1) is 4.90 Å². The third kappa shape index (κ3) is 3.54. The molecule has 0 bridgehead atoms. The molecule has 2 aromatic carbocycles. The number of amides is 1. The molecule has 0 N–H and O–H groups in total. The summed E-state index contributed by atoms with van der Waals surface area (Å²) in [6.45, 7) is 1.18. The van der Waals surface area contributed by atoms with Gasteiger partial charge in [0.2, 0.25) is 10.0 Å². The van der Waals surface area contributed by atoms with E-state index in [0.29, 0.717) is 24.5 Å². The van der Waals surface area contributed by atoms with Gasteiger partial charge in [-0.1, -0.05) is 35.9 Å². The number of piperazine rings is 1. The van der Waals surface area contributed by atoms with Crippen LogP contribution in [0.5, 0.6) is 5.75 Å². The Hall–Kier alpha value is -2.09. The number of para-hydroxylation sites is 1. The average molecular weight is 407 g/mol. The highest BCUT2D eigenvalue weighted by Gasteiger charge is 2.36. The second-order valence-electron chi connectivity index (χ2n) is 6.61. The first-order chi connectivity index (χ1) is 12.9. The standard InChI is InChI=1S/C19H19ClN2O4S/c20-15-5-3-6-16(13-15)27(24,25)22-10-8-21(9-11-22)19(23)18-12-14-4-1-2-7-17(14)26-18/h1-7,13,18H,8-12H2/t18-/m0/s1. The van der Waals surface area contributed by atoms with Crippen molar-refractivity contribution < 1.29 is 17.9 Å². The normalized spacial score (nSPS) is 20.2. The highest BCUT2D eigenvalue weighted by molar-refractivity contribution is 7.89. The van der Waals surface area contributed by atoms with Gasteiger partial charge in [-0.3, -0.25) is 4.79 Å². The molecule has 2 aliphatic heterocycles. The van der Waals surface area contributed by atoms with Gasteiger partial charge in [-0.25, -0.2) is 8.42 Å². The van der Waals surface area contributed by atoms with Crippen molar-refractivity contribution >= 4 is 27.5 Å². The van der Waals surface area contributed by atoms with Gasteiger partial charge in [0.1, 0.15) is 5.75 Å². The second-order valence-corrected chi connectivity index (χ2v) is 8.98. The van der Waals surface area contributed by atoms with Crippen LogP contribution in [0.15, 0.2) is 53.4 Å². The summed E-state index contributed by atoms with van der Waals surface area (Å²) in [5.41, 5.74) is 1.03. The van der Waals surface area contributed by atoms with Gasteiger partial charge in [0, 0.05) is 37.6 Å². The van der Waals surface area contributed by atoms with E-state index < -0.39 is 16.1 Å². The zero-order valence-electron chi connectivity index (χ0n) is 14.5. The fraction of sp³-hybridized carbons (Fsp3) is 0.316. The molecular weight excluding hydrogens is 388 g/mol. The Morgan fingerprint density at radius 1 is 1.04 bits per heavy atom. The first kappa shape index (κ1) is 18.3. The summed E-state index contributed by atoms with van der Waals surface area (Å²) < 4.78 is 32.7. The maximum absolute atomic E-state index is 12.8. The number of rotatable bonds is 3. The van der Waals surface area contributed by atoms with Crippen molar-refractivity contribution in [2.45, 2.75) is 17.4 Å². The van der Waals surface area contributed by atoms with Crippen LogP contribution in [0.2, 0.25) is 5.02 Å². The highest BCUT2D eigenvalue weighted by Crippen LogP contribution is 2.29. The van der Waals surface area contributed by atoms with Crippen LogP contribution in [0.3, 0.4) is 0 Å². The monoisotopic (exact) mass is 406 g/mol. The number of hydrogen-bond acceptors (Lipinski definition) is 4. The smallest absolute Gasteiger partial charge is 0.264 e. The van der Waals surface area contributed by atoms with Gasteiger partial charge in [-0.05, 0) is 29.8 Å². The highest BCUT2D eigenvalue weighted by atomic mass is 35.5. The number of fused-ring (bicyclic) bond motifs is 1. The van der Waals surface area contributed by atoms with Crippen LogP contribution in [0.4, 0.5) is 0 Å². The van der Waals surface area contributed by atoms with Gasteiger partial charge in [0.15, 0.2) is 6.10 Å². The second kappa shape index (κ2) is 7.14. The summed E-state index contributed by atoms with van der Waals surface area (Å²) in [5.74, 6) is 0.657. The number of nitrogens with zero attached hydrogens (tertiary/aromatic N) is 2. The van der Waals surface area contributed by atoms with E-state index in [1.807, 2.05) is 24.3 Å². The molecule has 1 atom stereocenters. The van der Waals surface area contributed by atoms with E-state index in [4.69, 9.17) is 16.3 Å². The van der Waals surface area contributed by atoms with E-state index in [-0.39, 0.29) is 23.9 Å². The number of ether oxygens (including phenoxy) is 1. The number of sulfonamides is 1. The third-order valence-electron chi connectivity index (χ3n) is 4.91. The zero-order chi connectivity index (χ0) is 19.0. The Morgan fingerprint density at radius 3 is 2.48 bits per heavy atom. The molecule has 6 nitrogen and oxygen atoms in total. The minimum atomic E-state index is -3.62. The predicted octanol–water partition coefficient (Wildman–Crippen LogP) is 2.18. The molecule has 27 heavy (non-hydrogen) atoms. The van der Waals surface area contributed by atoms with Gasteiger partial charge in [0.25, 0.3) is 5.91 Å². The van der Waals surface area contributed by atoms with Crippen LogP contribution in [0.25, 0.3) is 0 Å². The summed E-state index contributed by atoms with van der Waals surface area (Å²) in [4.78, 5) is 14.6. The number of hydrogen-bond donors (Lipinski definition) is 0. The molecule has 1 amide bonds. The summed E-state index contributed by atoms with van der Waals surface area (Å²) in [7, 11) is -3.62. The molecule has 0 saturated carbocycles. The van der Waals surface area contributed by atoms with Crippen molar-refractivity contribution in [1.82, 2.24) is 9.21 Å². The van der Waals surface area contributed by atoms with Crippen LogP contribution in [-0.4, -0.2) is 55.8 Å². The molecule has 0 spiro atoms. The molecule has 2 aromatic rings. The molecule has 0 aliphatic carbocycles. The topological polar surface area (TPSA) is 66.9 Å². The number of carbonyl (C=O) groups excluding carboxylic acids is 1. The molecule has 0 radical (unpaired) electrons. The largest absolute Gasteiger partial charge is 0.480 e. The number of carbonyl (C=O) groups is 1. The molecule has 0 unspecified atom stereocenters. The number of benzene rings is 2. The maximum atomic E-state index is 12.8. The van der Waals surface area contributed by atoms with E-state index in [1.54, 1.807) is 17.0 Å². The fourth-order valence-electron chi connectivity index (χ4n) is 3.45. The molecule has 1 saturated heterocycles. The van der Waals surface area contributed by atoms with E-state index >= 15 is 0 Å². The first-order valence-electron chi connectivity index (χ1n) is 8.74. The van der Waals surface area contributed by atoms with Gasteiger partial charge >= 0.3 is 0 Å². The van der Waals surface area contributed by atoms with Crippen molar-refractivity contribution in [2.24, 2.45) is 0 Å². The summed E-state index contributed by atoms with van der Waals surface area (Å²) in [5, 5.41) is 0.378. The average Bonchev–Trinajstić information content (AvgIpc) is 3.12. The van der Waals surface area contributed by atoms with Crippen LogP contribution < -0.4 is 4.74 Å². The zero-order valence-corrected chi connectivity index (χ0v) is 16.1. The van der Waals surface area contributed by atoms with Crippen molar-refractivity contribution in [3.05, 3.63) is 59.1 Å². The van der Waals surface area contributed by atoms with Crippen LogP contribution >= 0.6 is 11.6 Å². The predicted molar refractivity (Wildman–Crippen MR) is 101 cm³/mol. The van der Waals surface area contributed by atoms with Crippen LogP contribution in [0.1, 0.15) is 5.56 Å². The minimum Gasteiger partial charge on any atom is -0.480 e. The van der Waals surface area contributed by atoms with Crippen LogP contribution in [0, 0.1) is 0 Å². The Balaban J connectivity index is 1.40. The lowest BCUT2D eigenvalue weighted by Gasteiger charge is -2.35. The Labute approximate surface area is 163 Å².